The maximum atomic E-state index is 12.8. The predicted octanol–water partition coefficient (Wildman–Crippen LogP) is 1.02. The lowest BCUT2D eigenvalue weighted by Gasteiger charge is -2.14. The number of aromatic hydroxyl groups is 1. The fourth-order valence-electron chi connectivity index (χ4n) is 2.57. The smallest absolute Gasteiger partial charge is 0.319 e. The lowest BCUT2D eigenvalue weighted by atomic mass is 10.2. The second-order valence-electron chi connectivity index (χ2n) is 5.40. The van der Waals surface area contributed by atoms with Gasteiger partial charge in [0.25, 0.3) is 0 Å². The number of hydrogen-bond acceptors (Lipinski definition) is 6. The van der Waals surface area contributed by atoms with Gasteiger partial charge < -0.3 is 25.3 Å². The van der Waals surface area contributed by atoms with Crippen molar-refractivity contribution in [1.82, 2.24) is 19.6 Å². The van der Waals surface area contributed by atoms with Crippen molar-refractivity contribution in [3.63, 3.8) is 0 Å². The molecule has 0 bridgehead atoms. The molecule has 2 heterocycles. The van der Waals surface area contributed by atoms with E-state index in [0.717, 1.165) is 0 Å². The van der Waals surface area contributed by atoms with Crippen molar-refractivity contribution < 1.29 is 25.3 Å². The molecule has 0 aliphatic carbocycles. The second-order valence-corrected chi connectivity index (χ2v) is 6.84. The first-order chi connectivity index (χ1) is 12.7. The molecular formula is C18H18N4O5S. The summed E-state index contributed by atoms with van der Waals surface area (Å²) in [6, 6.07) is 15.7. The van der Waals surface area contributed by atoms with E-state index in [0.29, 0.717) is 32.6 Å². The zero-order chi connectivity index (χ0) is 18.1. The Morgan fingerprint density at radius 3 is 2.50 bits per heavy atom. The van der Waals surface area contributed by atoms with Crippen molar-refractivity contribution >= 4 is 16.8 Å². The molecule has 0 aliphatic rings. The highest BCUT2D eigenvalue weighted by atomic mass is 32.2. The third-order valence-electron chi connectivity index (χ3n) is 3.82. The van der Waals surface area contributed by atoms with Gasteiger partial charge in [-0.25, -0.2) is 4.98 Å². The molecule has 4 rings (SSSR count). The van der Waals surface area contributed by atoms with E-state index in [-0.39, 0.29) is 17.0 Å². The third kappa shape index (κ3) is 3.75. The van der Waals surface area contributed by atoms with E-state index in [1.807, 2.05) is 18.2 Å². The third-order valence-corrected chi connectivity index (χ3v) is 5.25. The summed E-state index contributed by atoms with van der Waals surface area (Å²) < 4.78 is 19.5. The molecule has 0 spiro atoms. The summed E-state index contributed by atoms with van der Waals surface area (Å²) in [5.41, 5.74) is 1.11. The molecule has 0 amide bonds. The first-order valence-electron chi connectivity index (χ1n) is 7.73. The molecule has 0 saturated heterocycles. The number of rotatable bonds is 4. The molecule has 146 valence electrons. The molecule has 1 atom stereocenters. The molecule has 0 aliphatic heterocycles. The first kappa shape index (κ1) is 21.1. The fourth-order valence-corrected chi connectivity index (χ4v) is 3.75. The van der Waals surface area contributed by atoms with Gasteiger partial charge in [0, 0.05) is 22.8 Å². The number of hydrogen-bond donors (Lipinski definition) is 1. The van der Waals surface area contributed by atoms with Gasteiger partial charge in [0.15, 0.2) is 27.0 Å². The van der Waals surface area contributed by atoms with Crippen LogP contribution in [0.1, 0.15) is 0 Å². The number of aromatic nitrogens is 4. The molecule has 2 aromatic heterocycles. The molecule has 28 heavy (non-hydrogen) atoms. The fraction of sp³-hybridized carbons (Fsp3) is 0.0556. The number of fused-ring (bicyclic) bond motifs is 1. The summed E-state index contributed by atoms with van der Waals surface area (Å²) >= 11 is -1.37. The van der Waals surface area contributed by atoms with E-state index in [4.69, 9.17) is 4.74 Å². The quantitative estimate of drug-likeness (QED) is 0.502. The van der Waals surface area contributed by atoms with Crippen LogP contribution >= 0.6 is 0 Å². The summed E-state index contributed by atoms with van der Waals surface area (Å²) in [5.74, 6) is 0.784. The molecule has 4 aromatic rings. The maximum absolute atomic E-state index is 12.8. The molecule has 0 saturated carbocycles. The molecule has 0 radical (unpaired) electrons. The molecule has 1 unspecified atom stereocenters. The van der Waals surface area contributed by atoms with E-state index in [1.54, 1.807) is 36.4 Å². The lowest BCUT2D eigenvalue weighted by Crippen LogP contribution is -2.05. The second kappa shape index (κ2) is 8.67. The molecule has 2 aromatic carbocycles. The van der Waals surface area contributed by atoms with Crippen LogP contribution in [0.5, 0.6) is 11.8 Å². The summed E-state index contributed by atoms with van der Waals surface area (Å²) in [6.45, 7) is 0. The van der Waals surface area contributed by atoms with Crippen molar-refractivity contribution in [3.8, 4) is 23.1 Å². The molecular weight excluding hydrogens is 384 g/mol. The highest BCUT2D eigenvalue weighted by molar-refractivity contribution is 7.91. The van der Waals surface area contributed by atoms with Gasteiger partial charge >= 0.3 is 6.01 Å². The van der Waals surface area contributed by atoms with Crippen LogP contribution < -0.4 is 4.74 Å². The Balaban J connectivity index is 0.00000140. The van der Waals surface area contributed by atoms with Crippen LogP contribution in [-0.2, 0) is 11.2 Å². The van der Waals surface area contributed by atoms with Gasteiger partial charge in [-0.15, -0.1) is 0 Å². The Hall–Kier alpha value is -3.18. The van der Waals surface area contributed by atoms with Gasteiger partial charge in [-0.3, -0.25) is 0 Å². The van der Waals surface area contributed by atoms with Crippen LogP contribution in [0, 0.1) is 0 Å². The SMILES string of the molecule is COc1cc(-c2nc(O)n3nccc3n2)ccc1[S+]([O-])c1ccccc1.O.O. The molecule has 10 heteroatoms. The number of methoxy groups -OCH3 is 1. The van der Waals surface area contributed by atoms with Crippen molar-refractivity contribution in [2.75, 3.05) is 7.11 Å². The Kier molecular flexibility index (Phi) is 6.54. The standard InChI is InChI=1S/C18H14N4O3S.2H2O/c1-25-14-11-12(17-20-16-9-10-19-22(16)18(23)21-17)7-8-15(14)26(24)13-5-3-2-4-6-13;;/h2-11H,1H3,(H,20,21,23);2*1H2. The average molecular weight is 402 g/mol. The normalized spacial score (nSPS) is 11.4. The number of ether oxygens (including phenoxy) is 1. The van der Waals surface area contributed by atoms with Crippen molar-refractivity contribution in [3.05, 3.63) is 60.8 Å². The van der Waals surface area contributed by atoms with Crippen LogP contribution in [0.3, 0.4) is 0 Å². The molecule has 9 nitrogen and oxygen atoms in total. The van der Waals surface area contributed by atoms with Crippen LogP contribution in [-0.4, -0.2) is 47.3 Å². The summed E-state index contributed by atoms with van der Waals surface area (Å²) in [5, 5.41) is 13.9. The first-order valence-corrected chi connectivity index (χ1v) is 8.88. The number of nitrogens with zero attached hydrogens (tertiary/aromatic N) is 4. The Morgan fingerprint density at radius 1 is 1.04 bits per heavy atom. The van der Waals surface area contributed by atoms with Gasteiger partial charge in [-0.2, -0.15) is 14.6 Å². The van der Waals surface area contributed by atoms with E-state index in [9.17, 15) is 9.66 Å². The Bertz CT molecular complexity index is 1070. The largest absolute Gasteiger partial charge is 0.606 e. The van der Waals surface area contributed by atoms with E-state index < -0.39 is 11.2 Å². The van der Waals surface area contributed by atoms with Gasteiger partial charge in [-0.1, -0.05) is 18.2 Å². The van der Waals surface area contributed by atoms with Gasteiger partial charge in [0.1, 0.15) is 0 Å². The molecule has 0 fully saturated rings. The van der Waals surface area contributed by atoms with Crippen LogP contribution in [0.15, 0.2) is 70.6 Å². The lowest BCUT2D eigenvalue weighted by molar-refractivity contribution is 0.402. The summed E-state index contributed by atoms with van der Waals surface area (Å²) in [6.07, 6.45) is 1.53. The number of benzene rings is 2. The zero-order valence-electron chi connectivity index (χ0n) is 14.7. The minimum atomic E-state index is -1.37. The maximum Gasteiger partial charge on any atom is 0.319 e. The van der Waals surface area contributed by atoms with Crippen LogP contribution in [0.25, 0.3) is 17.0 Å². The van der Waals surface area contributed by atoms with Crippen molar-refractivity contribution in [1.29, 1.82) is 0 Å². The highest BCUT2D eigenvalue weighted by Gasteiger charge is 2.21. The predicted molar refractivity (Wildman–Crippen MR) is 103 cm³/mol. The zero-order valence-corrected chi connectivity index (χ0v) is 15.6. The van der Waals surface area contributed by atoms with Gasteiger partial charge in [0.2, 0.25) is 0 Å². The minimum Gasteiger partial charge on any atom is -0.606 e. The topological polar surface area (TPSA) is 159 Å². The van der Waals surface area contributed by atoms with E-state index in [2.05, 4.69) is 15.1 Å². The summed E-state index contributed by atoms with van der Waals surface area (Å²) in [7, 11) is 1.52. The highest BCUT2D eigenvalue weighted by Crippen LogP contribution is 2.33. The van der Waals surface area contributed by atoms with Crippen LogP contribution in [0.2, 0.25) is 0 Å². The van der Waals surface area contributed by atoms with E-state index in [1.165, 1.54) is 17.8 Å². The van der Waals surface area contributed by atoms with Crippen molar-refractivity contribution in [2.45, 2.75) is 9.79 Å². The Morgan fingerprint density at radius 2 is 1.79 bits per heavy atom. The van der Waals surface area contributed by atoms with Gasteiger partial charge in [0.05, 0.1) is 13.3 Å². The average Bonchev–Trinajstić information content (AvgIpc) is 3.17. The summed E-state index contributed by atoms with van der Waals surface area (Å²) in [4.78, 5) is 9.68. The minimum absolute atomic E-state index is 0. The van der Waals surface area contributed by atoms with Gasteiger partial charge in [-0.05, 0) is 30.3 Å². The monoisotopic (exact) mass is 402 g/mol. The van der Waals surface area contributed by atoms with Crippen molar-refractivity contribution in [2.24, 2.45) is 0 Å². The Labute approximate surface area is 163 Å². The van der Waals surface area contributed by atoms with E-state index >= 15 is 0 Å². The molecule has 5 N–H and O–H groups in total. The van der Waals surface area contributed by atoms with Crippen LogP contribution in [0.4, 0.5) is 0 Å².